The lowest BCUT2D eigenvalue weighted by Crippen LogP contribution is -2.36. The average Bonchev–Trinajstić information content (AvgIpc) is 2.57. The van der Waals surface area contributed by atoms with Gasteiger partial charge in [-0.3, -0.25) is 9.59 Å². The fourth-order valence-corrected chi connectivity index (χ4v) is 1.90. The van der Waals surface area contributed by atoms with Crippen LogP contribution in [0.5, 0.6) is 5.75 Å². The summed E-state index contributed by atoms with van der Waals surface area (Å²) >= 11 is 0. The number of carbonyl (C=O) groups excluding carboxylic acids is 1. The largest absolute Gasteiger partial charge is 0.491 e. The predicted molar refractivity (Wildman–Crippen MR) is 82.3 cm³/mol. The first-order chi connectivity index (χ1) is 11.8. The van der Waals surface area contributed by atoms with Crippen molar-refractivity contribution in [2.45, 2.75) is 12.3 Å². The van der Waals surface area contributed by atoms with E-state index in [2.05, 4.69) is 10.3 Å². The Balaban J connectivity index is 1.84. The number of aromatic nitrogens is 1. The van der Waals surface area contributed by atoms with E-state index < -0.39 is 29.3 Å². The lowest BCUT2D eigenvalue weighted by molar-refractivity contribution is -0.137. The van der Waals surface area contributed by atoms with Crippen molar-refractivity contribution in [1.82, 2.24) is 10.3 Å². The number of nitrogens with one attached hydrogen (secondary N) is 2. The maximum atomic E-state index is 12.6. The highest BCUT2D eigenvalue weighted by atomic mass is 19.4. The van der Waals surface area contributed by atoms with Crippen molar-refractivity contribution in [1.29, 1.82) is 0 Å². The van der Waals surface area contributed by atoms with Gasteiger partial charge in [0.05, 0.1) is 5.56 Å². The van der Waals surface area contributed by atoms with Gasteiger partial charge in [-0.1, -0.05) is 12.1 Å². The molecular weight excluding hydrogens is 341 g/mol. The van der Waals surface area contributed by atoms with Crippen LogP contribution in [0.15, 0.2) is 47.3 Å². The van der Waals surface area contributed by atoms with Gasteiger partial charge in [0.15, 0.2) is 0 Å². The van der Waals surface area contributed by atoms with E-state index in [0.717, 1.165) is 12.1 Å². The average molecular weight is 356 g/mol. The monoisotopic (exact) mass is 356 g/mol. The van der Waals surface area contributed by atoms with E-state index in [1.807, 2.05) is 0 Å². The summed E-state index contributed by atoms with van der Waals surface area (Å²) in [6, 6.07) is 8.29. The van der Waals surface area contributed by atoms with Crippen LogP contribution in [0.25, 0.3) is 0 Å². The molecular formula is C16H15F3N2O4. The Morgan fingerprint density at radius 2 is 1.96 bits per heavy atom. The number of aliphatic hydroxyl groups is 1. The fourth-order valence-electron chi connectivity index (χ4n) is 1.90. The third kappa shape index (κ3) is 5.64. The molecule has 1 aromatic heterocycles. The number of carbonyl (C=O) groups is 1. The third-order valence-electron chi connectivity index (χ3n) is 3.11. The van der Waals surface area contributed by atoms with Crippen molar-refractivity contribution in [2.75, 3.05) is 13.2 Å². The van der Waals surface area contributed by atoms with E-state index in [0.29, 0.717) is 0 Å². The molecule has 1 amide bonds. The number of ether oxygens (including phenoxy) is 1. The number of rotatable bonds is 6. The number of hydrogen-bond donors (Lipinski definition) is 3. The van der Waals surface area contributed by atoms with Gasteiger partial charge < -0.3 is 20.1 Å². The second-order valence-corrected chi connectivity index (χ2v) is 5.13. The van der Waals surface area contributed by atoms with Crippen molar-refractivity contribution < 1.29 is 27.8 Å². The molecule has 0 bridgehead atoms. The zero-order chi connectivity index (χ0) is 18.4. The normalized spacial score (nSPS) is 12.5. The molecule has 1 heterocycles. The lowest BCUT2D eigenvalue weighted by Gasteiger charge is -2.14. The molecule has 134 valence electrons. The van der Waals surface area contributed by atoms with E-state index >= 15 is 0 Å². The van der Waals surface area contributed by atoms with E-state index in [1.54, 1.807) is 0 Å². The molecule has 0 radical (unpaired) electrons. The van der Waals surface area contributed by atoms with Gasteiger partial charge in [0, 0.05) is 12.6 Å². The third-order valence-corrected chi connectivity index (χ3v) is 3.11. The predicted octanol–water partition coefficient (Wildman–Crippen LogP) is 1.56. The van der Waals surface area contributed by atoms with Crippen LogP contribution < -0.4 is 15.6 Å². The number of alkyl halides is 3. The highest BCUT2D eigenvalue weighted by Gasteiger charge is 2.30. The van der Waals surface area contributed by atoms with Crippen molar-refractivity contribution in [3.8, 4) is 5.75 Å². The molecule has 3 N–H and O–H groups in total. The summed E-state index contributed by atoms with van der Waals surface area (Å²) in [5.74, 6) is -0.650. The van der Waals surface area contributed by atoms with Gasteiger partial charge in [-0.15, -0.1) is 0 Å². The second-order valence-electron chi connectivity index (χ2n) is 5.13. The molecule has 25 heavy (non-hydrogen) atoms. The van der Waals surface area contributed by atoms with Crippen LogP contribution in [-0.4, -0.2) is 35.3 Å². The van der Waals surface area contributed by atoms with Crippen LogP contribution in [-0.2, 0) is 6.18 Å². The maximum Gasteiger partial charge on any atom is 0.416 e. The number of benzene rings is 1. The van der Waals surface area contributed by atoms with Gasteiger partial charge in [-0.05, 0) is 24.3 Å². The van der Waals surface area contributed by atoms with Crippen molar-refractivity contribution in [2.24, 2.45) is 0 Å². The zero-order valence-corrected chi connectivity index (χ0v) is 12.8. The molecule has 0 saturated carbocycles. The molecule has 9 heteroatoms. The first-order valence-electron chi connectivity index (χ1n) is 7.21. The quantitative estimate of drug-likeness (QED) is 0.733. The summed E-state index contributed by atoms with van der Waals surface area (Å²) in [5, 5.41) is 12.1. The summed E-state index contributed by atoms with van der Waals surface area (Å²) in [4.78, 5) is 25.2. The Kier molecular flexibility index (Phi) is 5.81. The Labute approximate surface area is 140 Å². The van der Waals surface area contributed by atoms with Crippen molar-refractivity contribution >= 4 is 5.91 Å². The SMILES string of the molecule is O=C(NCC(O)COc1cccc(C(F)(F)F)c1)c1cccc(=O)[nH]1. The molecule has 2 rings (SSSR count). The Morgan fingerprint density at radius 3 is 2.64 bits per heavy atom. The first-order valence-corrected chi connectivity index (χ1v) is 7.21. The van der Waals surface area contributed by atoms with E-state index in [9.17, 15) is 27.9 Å². The Hall–Kier alpha value is -2.81. The Morgan fingerprint density at radius 1 is 1.24 bits per heavy atom. The van der Waals surface area contributed by atoms with Crippen LogP contribution in [0.2, 0.25) is 0 Å². The number of hydrogen-bond acceptors (Lipinski definition) is 4. The van der Waals surface area contributed by atoms with Gasteiger partial charge in [0.25, 0.3) is 5.91 Å². The molecule has 2 aromatic rings. The van der Waals surface area contributed by atoms with E-state index in [-0.39, 0.29) is 24.6 Å². The van der Waals surface area contributed by atoms with Gasteiger partial charge >= 0.3 is 6.18 Å². The van der Waals surface area contributed by atoms with Crippen LogP contribution in [0, 0.1) is 0 Å². The highest BCUT2D eigenvalue weighted by molar-refractivity contribution is 5.92. The van der Waals surface area contributed by atoms with Crippen molar-refractivity contribution in [3.05, 3.63) is 64.1 Å². The van der Waals surface area contributed by atoms with Gasteiger partial charge in [0.1, 0.15) is 24.2 Å². The minimum atomic E-state index is -4.49. The summed E-state index contributed by atoms with van der Waals surface area (Å²) in [6.45, 7) is -0.512. The molecule has 0 aliphatic heterocycles. The van der Waals surface area contributed by atoms with Gasteiger partial charge in [-0.25, -0.2) is 0 Å². The highest BCUT2D eigenvalue weighted by Crippen LogP contribution is 2.31. The Bertz CT molecular complexity index is 789. The number of H-pyrrole nitrogens is 1. The maximum absolute atomic E-state index is 12.6. The minimum Gasteiger partial charge on any atom is -0.491 e. The summed E-state index contributed by atoms with van der Waals surface area (Å²) < 4.78 is 42.9. The number of aromatic amines is 1. The standard InChI is InChI=1S/C16H15F3N2O4/c17-16(18,19)10-3-1-4-12(7-10)25-9-11(22)8-20-15(24)13-5-2-6-14(23)21-13/h1-7,11,22H,8-9H2,(H,20,24)(H,21,23). The van der Waals surface area contributed by atoms with Crippen LogP contribution in [0.4, 0.5) is 13.2 Å². The number of halogens is 3. The van der Waals surface area contributed by atoms with E-state index in [1.165, 1.54) is 30.3 Å². The molecule has 1 unspecified atom stereocenters. The van der Waals surface area contributed by atoms with Crippen LogP contribution in [0.1, 0.15) is 16.1 Å². The first kappa shape index (κ1) is 18.5. The molecule has 0 fully saturated rings. The molecule has 6 nitrogen and oxygen atoms in total. The summed E-state index contributed by atoms with van der Waals surface area (Å²) in [6.07, 6.45) is -5.63. The lowest BCUT2D eigenvalue weighted by atomic mass is 10.2. The molecule has 1 aromatic carbocycles. The molecule has 0 saturated heterocycles. The smallest absolute Gasteiger partial charge is 0.416 e. The molecule has 0 spiro atoms. The molecule has 0 aliphatic rings. The van der Waals surface area contributed by atoms with Crippen molar-refractivity contribution in [3.63, 3.8) is 0 Å². The van der Waals surface area contributed by atoms with Gasteiger partial charge in [-0.2, -0.15) is 13.2 Å². The minimum absolute atomic E-state index is 0.0264. The van der Waals surface area contributed by atoms with Crippen LogP contribution in [0.3, 0.4) is 0 Å². The zero-order valence-electron chi connectivity index (χ0n) is 12.8. The number of pyridine rings is 1. The summed E-state index contributed by atoms with van der Waals surface area (Å²) in [7, 11) is 0. The topological polar surface area (TPSA) is 91.4 Å². The van der Waals surface area contributed by atoms with E-state index in [4.69, 9.17) is 4.74 Å². The fraction of sp³-hybridized carbons (Fsp3) is 0.250. The number of aliphatic hydroxyl groups excluding tert-OH is 1. The second kappa shape index (κ2) is 7.84. The number of amides is 1. The van der Waals surface area contributed by atoms with Crippen LogP contribution >= 0.6 is 0 Å². The van der Waals surface area contributed by atoms with Gasteiger partial charge in [0.2, 0.25) is 5.56 Å². The molecule has 0 aliphatic carbocycles. The molecule has 1 atom stereocenters. The summed E-state index contributed by atoms with van der Waals surface area (Å²) in [5.41, 5.74) is -1.28.